The van der Waals surface area contributed by atoms with Gasteiger partial charge in [-0.3, -0.25) is 14.2 Å². The molecule has 3 aromatic rings. The van der Waals surface area contributed by atoms with E-state index in [0.29, 0.717) is 36.3 Å². The van der Waals surface area contributed by atoms with Gasteiger partial charge in [-0.05, 0) is 12.0 Å². The number of amides is 1. The molecule has 1 amide bonds. The Morgan fingerprint density at radius 2 is 1.97 bits per heavy atom. The average molecular weight is 419 g/mol. The van der Waals surface area contributed by atoms with Gasteiger partial charge in [0.25, 0.3) is 5.56 Å². The number of hydrogen-bond donors (Lipinski definition) is 0. The Kier molecular flexibility index (Phi) is 4.88. The number of hydrogen-bond acceptors (Lipinski definition) is 6. The van der Waals surface area contributed by atoms with Gasteiger partial charge >= 0.3 is 12.1 Å². The second-order valence-corrected chi connectivity index (χ2v) is 6.91. The van der Waals surface area contributed by atoms with Crippen LogP contribution in [0.4, 0.5) is 13.2 Å². The van der Waals surface area contributed by atoms with Crippen LogP contribution in [0.1, 0.15) is 29.6 Å². The zero-order chi connectivity index (χ0) is 21.5. The monoisotopic (exact) mass is 419 g/mol. The Hall–Kier alpha value is -3.50. The lowest BCUT2D eigenvalue weighted by molar-refractivity contribution is -0.159. The van der Waals surface area contributed by atoms with Crippen LogP contribution in [0, 0.1) is 0 Å². The molecule has 11 heteroatoms. The standard InChI is InChI=1S/C19H16F3N5O3/c1-11(28)26-7-6-14-15(9-26)23-10-27(17(14)29)8-12-2-4-13(5-3-12)16-24-18(30-25-16)19(20,21)22/h2-5,10H,6-9H2,1H3. The minimum atomic E-state index is -4.70. The van der Waals surface area contributed by atoms with Crippen molar-refractivity contribution < 1.29 is 22.5 Å². The number of fused-ring (bicyclic) bond motifs is 1. The van der Waals surface area contributed by atoms with Crippen molar-refractivity contribution in [3.63, 3.8) is 0 Å². The summed E-state index contributed by atoms with van der Waals surface area (Å²) in [6, 6.07) is 6.45. The van der Waals surface area contributed by atoms with Gasteiger partial charge < -0.3 is 9.42 Å². The summed E-state index contributed by atoms with van der Waals surface area (Å²) in [5.41, 5.74) is 2.14. The third kappa shape index (κ3) is 3.82. The molecule has 1 aromatic carbocycles. The first-order valence-corrected chi connectivity index (χ1v) is 9.05. The van der Waals surface area contributed by atoms with Crippen molar-refractivity contribution in [1.82, 2.24) is 24.6 Å². The molecule has 0 saturated carbocycles. The highest BCUT2D eigenvalue weighted by Gasteiger charge is 2.38. The molecular weight excluding hydrogens is 403 g/mol. The Balaban J connectivity index is 1.52. The van der Waals surface area contributed by atoms with Crippen LogP contribution in [0.2, 0.25) is 0 Å². The number of aromatic nitrogens is 4. The normalized spacial score (nSPS) is 13.9. The molecule has 0 radical (unpaired) electrons. The third-order valence-electron chi connectivity index (χ3n) is 4.87. The fourth-order valence-electron chi connectivity index (χ4n) is 3.25. The predicted molar refractivity (Wildman–Crippen MR) is 97.1 cm³/mol. The fraction of sp³-hybridized carbons (Fsp3) is 0.316. The van der Waals surface area contributed by atoms with Gasteiger partial charge in [-0.1, -0.05) is 29.4 Å². The molecule has 0 bridgehead atoms. The van der Waals surface area contributed by atoms with E-state index in [1.165, 1.54) is 17.8 Å². The van der Waals surface area contributed by atoms with Crippen LogP contribution in [0.15, 0.2) is 39.9 Å². The Morgan fingerprint density at radius 1 is 1.23 bits per heavy atom. The minimum absolute atomic E-state index is 0.0596. The molecule has 0 saturated heterocycles. The summed E-state index contributed by atoms with van der Waals surface area (Å²) in [6.45, 7) is 2.52. The topological polar surface area (TPSA) is 94.1 Å². The number of carbonyl (C=O) groups excluding carboxylic acids is 1. The van der Waals surface area contributed by atoms with E-state index in [9.17, 15) is 22.8 Å². The lowest BCUT2D eigenvalue weighted by atomic mass is 10.1. The summed E-state index contributed by atoms with van der Waals surface area (Å²) in [5, 5.41) is 3.35. The first kappa shape index (κ1) is 19.8. The fourth-order valence-corrected chi connectivity index (χ4v) is 3.25. The summed E-state index contributed by atoms with van der Waals surface area (Å²) in [6.07, 6.45) is -2.82. The molecule has 0 atom stereocenters. The van der Waals surface area contributed by atoms with Crippen molar-refractivity contribution >= 4 is 5.91 Å². The molecule has 8 nitrogen and oxygen atoms in total. The number of alkyl halides is 3. The van der Waals surface area contributed by atoms with E-state index in [-0.39, 0.29) is 23.8 Å². The van der Waals surface area contributed by atoms with Gasteiger partial charge in [0.2, 0.25) is 11.7 Å². The van der Waals surface area contributed by atoms with Crippen molar-refractivity contribution in [2.45, 2.75) is 32.6 Å². The molecule has 0 N–H and O–H groups in total. The maximum atomic E-state index is 12.8. The molecule has 0 fully saturated rings. The van der Waals surface area contributed by atoms with E-state index < -0.39 is 12.1 Å². The minimum Gasteiger partial charge on any atom is -0.337 e. The summed E-state index contributed by atoms with van der Waals surface area (Å²) in [5.74, 6) is -1.64. The second-order valence-electron chi connectivity index (χ2n) is 6.91. The molecule has 3 heterocycles. The molecule has 0 aliphatic carbocycles. The number of nitrogens with zero attached hydrogens (tertiary/aromatic N) is 5. The van der Waals surface area contributed by atoms with E-state index in [1.54, 1.807) is 29.2 Å². The van der Waals surface area contributed by atoms with Crippen LogP contribution in [-0.4, -0.2) is 37.0 Å². The van der Waals surface area contributed by atoms with E-state index >= 15 is 0 Å². The molecule has 1 aliphatic heterocycles. The molecule has 0 unspecified atom stereocenters. The maximum Gasteiger partial charge on any atom is 0.471 e. The first-order chi connectivity index (χ1) is 14.2. The summed E-state index contributed by atoms with van der Waals surface area (Å²) in [7, 11) is 0. The van der Waals surface area contributed by atoms with Crippen molar-refractivity contribution in [3.05, 3.63) is 63.7 Å². The number of rotatable bonds is 3. The summed E-state index contributed by atoms with van der Waals surface area (Å²) in [4.78, 5) is 33.6. The molecule has 156 valence electrons. The van der Waals surface area contributed by atoms with Crippen LogP contribution >= 0.6 is 0 Å². The van der Waals surface area contributed by atoms with E-state index in [2.05, 4.69) is 19.6 Å². The number of benzene rings is 1. The van der Waals surface area contributed by atoms with Crippen LogP contribution in [0.3, 0.4) is 0 Å². The molecule has 1 aliphatic rings. The van der Waals surface area contributed by atoms with Crippen molar-refractivity contribution in [3.8, 4) is 11.4 Å². The predicted octanol–water partition coefficient (Wildman–Crippen LogP) is 2.27. The average Bonchev–Trinajstić information content (AvgIpc) is 3.21. The zero-order valence-corrected chi connectivity index (χ0v) is 15.8. The van der Waals surface area contributed by atoms with E-state index in [1.807, 2.05) is 0 Å². The Bertz CT molecular complexity index is 1150. The SMILES string of the molecule is CC(=O)N1CCc2c(ncn(Cc3ccc(-c4noc(C(F)(F)F)n4)cc3)c2=O)C1. The van der Waals surface area contributed by atoms with E-state index in [0.717, 1.165) is 5.56 Å². The van der Waals surface area contributed by atoms with Crippen LogP contribution in [-0.2, 0) is 30.5 Å². The van der Waals surface area contributed by atoms with Gasteiger partial charge in [-0.2, -0.15) is 18.2 Å². The summed E-state index contributed by atoms with van der Waals surface area (Å²) < 4.78 is 43.5. The second kappa shape index (κ2) is 7.39. The van der Waals surface area contributed by atoms with Crippen LogP contribution < -0.4 is 5.56 Å². The Labute approximate surface area is 168 Å². The van der Waals surface area contributed by atoms with Gasteiger partial charge in [-0.15, -0.1) is 0 Å². The summed E-state index contributed by atoms with van der Waals surface area (Å²) >= 11 is 0. The lowest BCUT2D eigenvalue weighted by Gasteiger charge is -2.26. The molecule has 2 aromatic heterocycles. The van der Waals surface area contributed by atoms with Crippen LogP contribution in [0.5, 0.6) is 0 Å². The van der Waals surface area contributed by atoms with Gasteiger partial charge in [0.05, 0.1) is 25.1 Å². The van der Waals surface area contributed by atoms with Gasteiger partial charge in [0.1, 0.15) is 0 Å². The van der Waals surface area contributed by atoms with E-state index in [4.69, 9.17) is 0 Å². The van der Waals surface area contributed by atoms with Crippen molar-refractivity contribution in [1.29, 1.82) is 0 Å². The number of halogens is 3. The largest absolute Gasteiger partial charge is 0.471 e. The highest BCUT2D eigenvalue weighted by atomic mass is 19.4. The van der Waals surface area contributed by atoms with Gasteiger partial charge in [0.15, 0.2) is 0 Å². The quantitative estimate of drug-likeness (QED) is 0.647. The first-order valence-electron chi connectivity index (χ1n) is 9.05. The highest BCUT2D eigenvalue weighted by Crippen LogP contribution is 2.29. The van der Waals surface area contributed by atoms with Crippen LogP contribution in [0.25, 0.3) is 11.4 Å². The van der Waals surface area contributed by atoms with Gasteiger partial charge in [0, 0.05) is 24.6 Å². The highest BCUT2D eigenvalue weighted by molar-refractivity contribution is 5.73. The molecule has 0 spiro atoms. The number of carbonyl (C=O) groups is 1. The molecule has 4 rings (SSSR count). The zero-order valence-electron chi connectivity index (χ0n) is 15.8. The van der Waals surface area contributed by atoms with Crippen molar-refractivity contribution in [2.75, 3.05) is 6.54 Å². The Morgan fingerprint density at radius 3 is 2.60 bits per heavy atom. The lowest BCUT2D eigenvalue weighted by Crippen LogP contribution is -2.39. The smallest absolute Gasteiger partial charge is 0.337 e. The van der Waals surface area contributed by atoms with Crippen molar-refractivity contribution in [2.24, 2.45) is 0 Å². The maximum absolute atomic E-state index is 12.8. The third-order valence-corrected chi connectivity index (χ3v) is 4.87. The molecular formula is C19H16F3N5O3. The van der Waals surface area contributed by atoms with Gasteiger partial charge in [-0.25, -0.2) is 4.98 Å². The molecule has 30 heavy (non-hydrogen) atoms.